The topological polar surface area (TPSA) is 75.1 Å². The number of nitrogens with zero attached hydrogens (tertiary/aromatic N) is 4. The van der Waals surface area contributed by atoms with Gasteiger partial charge in [-0.3, -0.25) is 4.79 Å². The molecule has 2 aliphatic rings. The molecule has 1 aromatic carbocycles. The Kier molecular flexibility index (Phi) is 4.19. The molecular weight excluding hydrogens is 364 g/mol. The quantitative estimate of drug-likeness (QED) is 0.705. The SMILES string of the molecule is Cc1cccc2cc(C(C)Nc3ncnc4c3N(C)CN4)n(C3CCC3)c(=O)c12. The monoisotopic (exact) mass is 390 g/mol. The van der Waals surface area contributed by atoms with Crippen LogP contribution in [0, 0.1) is 6.92 Å². The van der Waals surface area contributed by atoms with Crippen molar-refractivity contribution in [1.29, 1.82) is 0 Å². The maximum Gasteiger partial charge on any atom is 0.259 e. The normalized spacial score (nSPS) is 17.0. The van der Waals surface area contributed by atoms with Crippen molar-refractivity contribution in [2.24, 2.45) is 0 Å². The highest BCUT2D eigenvalue weighted by atomic mass is 16.1. The van der Waals surface area contributed by atoms with Gasteiger partial charge in [0.05, 0.1) is 18.1 Å². The standard InChI is InChI=1S/C22H26N6O/c1-13-6-4-7-15-10-17(28(16-8-5-9-16)22(29)18(13)15)14(2)26-21-19-20(23-11-24-21)25-12-27(19)3/h4,6-7,10-11,14,16H,5,8-9,12H2,1-3H3,(H2,23,24,25,26). The Morgan fingerprint density at radius 1 is 1.28 bits per heavy atom. The van der Waals surface area contributed by atoms with E-state index in [-0.39, 0.29) is 17.6 Å². The van der Waals surface area contributed by atoms with E-state index in [1.165, 1.54) is 6.42 Å². The van der Waals surface area contributed by atoms with Gasteiger partial charge in [0.1, 0.15) is 12.0 Å². The summed E-state index contributed by atoms with van der Waals surface area (Å²) in [5.74, 6) is 1.62. The number of pyridine rings is 1. The van der Waals surface area contributed by atoms with Crippen molar-refractivity contribution in [3.05, 3.63) is 52.2 Å². The third-order valence-electron chi connectivity index (χ3n) is 6.24. The van der Waals surface area contributed by atoms with Gasteiger partial charge in [-0.25, -0.2) is 9.97 Å². The summed E-state index contributed by atoms with van der Waals surface area (Å²) in [6.45, 7) is 4.82. The van der Waals surface area contributed by atoms with E-state index in [9.17, 15) is 4.79 Å². The zero-order chi connectivity index (χ0) is 20.1. The molecule has 1 saturated carbocycles. The van der Waals surface area contributed by atoms with Crippen molar-refractivity contribution in [2.45, 2.75) is 45.2 Å². The molecule has 3 aromatic rings. The van der Waals surface area contributed by atoms with Gasteiger partial charge in [0.25, 0.3) is 5.56 Å². The largest absolute Gasteiger partial charge is 0.360 e. The lowest BCUT2D eigenvalue weighted by molar-refractivity contribution is 0.298. The van der Waals surface area contributed by atoms with Crippen molar-refractivity contribution in [3.8, 4) is 0 Å². The van der Waals surface area contributed by atoms with Crippen LogP contribution in [-0.4, -0.2) is 28.3 Å². The molecule has 0 spiro atoms. The summed E-state index contributed by atoms with van der Waals surface area (Å²) >= 11 is 0. The first-order chi connectivity index (χ1) is 14.0. The molecule has 3 heterocycles. The van der Waals surface area contributed by atoms with Gasteiger partial charge in [0.2, 0.25) is 0 Å². The third-order valence-corrected chi connectivity index (χ3v) is 6.24. The van der Waals surface area contributed by atoms with Crippen LogP contribution in [-0.2, 0) is 0 Å². The molecule has 0 saturated heterocycles. The van der Waals surface area contributed by atoms with Crippen LogP contribution in [0.4, 0.5) is 17.3 Å². The number of aryl methyl sites for hydroxylation is 1. The molecule has 2 aromatic heterocycles. The summed E-state index contributed by atoms with van der Waals surface area (Å²) in [7, 11) is 2.02. The Morgan fingerprint density at radius 2 is 2.10 bits per heavy atom. The number of aromatic nitrogens is 3. The van der Waals surface area contributed by atoms with Crippen molar-refractivity contribution < 1.29 is 0 Å². The van der Waals surface area contributed by atoms with Crippen LogP contribution < -0.4 is 21.1 Å². The van der Waals surface area contributed by atoms with Crippen molar-refractivity contribution in [1.82, 2.24) is 14.5 Å². The van der Waals surface area contributed by atoms with Crippen molar-refractivity contribution >= 4 is 28.1 Å². The average Bonchev–Trinajstić information content (AvgIpc) is 3.04. The Morgan fingerprint density at radius 3 is 2.86 bits per heavy atom. The van der Waals surface area contributed by atoms with E-state index >= 15 is 0 Å². The molecule has 1 aliphatic carbocycles. The van der Waals surface area contributed by atoms with Gasteiger partial charge in [0, 0.05) is 18.8 Å². The lowest BCUT2D eigenvalue weighted by Crippen LogP contribution is -2.33. The zero-order valence-electron chi connectivity index (χ0n) is 17.1. The molecule has 150 valence electrons. The molecule has 0 bridgehead atoms. The van der Waals surface area contributed by atoms with E-state index in [4.69, 9.17) is 0 Å². The first-order valence-corrected chi connectivity index (χ1v) is 10.3. The van der Waals surface area contributed by atoms with E-state index in [0.29, 0.717) is 6.67 Å². The van der Waals surface area contributed by atoms with Crippen molar-refractivity contribution in [2.75, 3.05) is 29.2 Å². The van der Waals surface area contributed by atoms with Crippen LogP contribution in [0.15, 0.2) is 35.4 Å². The van der Waals surface area contributed by atoms with Crippen LogP contribution in [0.2, 0.25) is 0 Å². The molecule has 1 atom stereocenters. The van der Waals surface area contributed by atoms with Gasteiger partial charge < -0.3 is 20.1 Å². The number of fused-ring (bicyclic) bond motifs is 2. The van der Waals surface area contributed by atoms with Gasteiger partial charge in [-0.05, 0) is 50.1 Å². The first-order valence-electron chi connectivity index (χ1n) is 10.3. The Bertz CT molecular complexity index is 1150. The Balaban J connectivity index is 1.61. The minimum absolute atomic E-state index is 0.0683. The molecular formula is C22H26N6O. The van der Waals surface area contributed by atoms with Gasteiger partial charge in [-0.1, -0.05) is 18.2 Å². The maximum atomic E-state index is 13.5. The highest BCUT2D eigenvalue weighted by Crippen LogP contribution is 2.37. The maximum absolute atomic E-state index is 13.5. The second-order valence-electron chi connectivity index (χ2n) is 8.19. The van der Waals surface area contributed by atoms with E-state index in [1.54, 1.807) is 6.33 Å². The number of anilines is 3. The smallest absolute Gasteiger partial charge is 0.259 e. The predicted octanol–water partition coefficient (Wildman–Crippen LogP) is 3.82. The van der Waals surface area contributed by atoms with E-state index in [1.807, 2.05) is 36.7 Å². The fourth-order valence-electron chi connectivity index (χ4n) is 4.45. The summed E-state index contributed by atoms with van der Waals surface area (Å²) in [6.07, 6.45) is 4.88. The second-order valence-corrected chi connectivity index (χ2v) is 8.19. The van der Waals surface area contributed by atoms with Gasteiger partial charge >= 0.3 is 0 Å². The highest BCUT2D eigenvalue weighted by Gasteiger charge is 2.28. The Hall–Kier alpha value is -3.09. The minimum atomic E-state index is -0.0683. The fourth-order valence-corrected chi connectivity index (χ4v) is 4.45. The lowest BCUT2D eigenvalue weighted by atomic mass is 9.91. The molecule has 1 aliphatic heterocycles. The molecule has 2 N–H and O–H groups in total. The molecule has 29 heavy (non-hydrogen) atoms. The molecule has 5 rings (SSSR count). The average molecular weight is 390 g/mol. The highest BCUT2D eigenvalue weighted by molar-refractivity contribution is 5.85. The number of nitrogens with one attached hydrogen (secondary N) is 2. The van der Waals surface area contributed by atoms with E-state index < -0.39 is 0 Å². The molecule has 0 amide bonds. The minimum Gasteiger partial charge on any atom is -0.360 e. The van der Waals surface area contributed by atoms with E-state index in [2.05, 4.69) is 38.5 Å². The summed E-state index contributed by atoms with van der Waals surface area (Å²) in [4.78, 5) is 24.4. The number of hydrogen-bond acceptors (Lipinski definition) is 6. The van der Waals surface area contributed by atoms with Gasteiger partial charge in [-0.2, -0.15) is 0 Å². The van der Waals surface area contributed by atoms with Crippen LogP contribution in [0.3, 0.4) is 0 Å². The van der Waals surface area contributed by atoms with Crippen molar-refractivity contribution in [3.63, 3.8) is 0 Å². The van der Waals surface area contributed by atoms with Crippen LogP contribution in [0.25, 0.3) is 10.8 Å². The summed E-state index contributed by atoms with van der Waals surface area (Å²) in [5, 5.41) is 8.65. The summed E-state index contributed by atoms with van der Waals surface area (Å²) in [6, 6.07) is 8.45. The second kappa shape index (κ2) is 6.76. The predicted molar refractivity (Wildman–Crippen MR) is 117 cm³/mol. The number of benzene rings is 1. The van der Waals surface area contributed by atoms with Gasteiger partial charge in [-0.15, -0.1) is 0 Å². The Labute approximate surface area is 169 Å². The number of rotatable bonds is 4. The fraction of sp³-hybridized carbons (Fsp3) is 0.409. The van der Waals surface area contributed by atoms with Crippen LogP contribution in [0.1, 0.15) is 49.5 Å². The summed E-state index contributed by atoms with van der Waals surface area (Å²) < 4.78 is 2.03. The van der Waals surface area contributed by atoms with Crippen LogP contribution >= 0.6 is 0 Å². The van der Waals surface area contributed by atoms with Gasteiger partial charge in [0.15, 0.2) is 11.6 Å². The lowest BCUT2D eigenvalue weighted by Gasteiger charge is -2.32. The number of hydrogen-bond donors (Lipinski definition) is 2. The molecule has 1 fully saturated rings. The van der Waals surface area contributed by atoms with Crippen LogP contribution in [0.5, 0.6) is 0 Å². The zero-order valence-corrected chi connectivity index (χ0v) is 17.1. The molecule has 7 heteroatoms. The summed E-state index contributed by atoms with van der Waals surface area (Å²) in [5.41, 5.74) is 3.14. The molecule has 0 radical (unpaired) electrons. The van der Waals surface area contributed by atoms with E-state index in [0.717, 1.165) is 52.2 Å². The molecule has 7 nitrogen and oxygen atoms in total. The first kappa shape index (κ1) is 18.0. The molecule has 1 unspecified atom stereocenters. The third kappa shape index (κ3) is 2.84.